The number of esters is 4. The largest absolute Gasteiger partial charge is 0.462 e. The van der Waals surface area contributed by atoms with Crippen molar-refractivity contribution in [1.82, 2.24) is 0 Å². The molecule has 2 aromatic carbocycles. The second-order valence-corrected chi connectivity index (χ2v) is 12.5. The molecule has 0 aromatic heterocycles. The highest BCUT2D eigenvalue weighted by molar-refractivity contribution is 6.47. The van der Waals surface area contributed by atoms with E-state index in [0.717, 1.165) is 37.8 Å². The highest BCUT2D eigenvalue weighted by atomic mass is 35.5. The van der Waals surface area contributed by atoms with Gasteiger partial charge >= 0.3 is 23.9 Å². The molecule has 14 heteroatoms. The predicted molar refractivity (Wildman–Crippen MR) is 172 cm³/mol. The molecule has 0 aliphatic carbocycles. The second-order valence-electron chi connectivity index (χ2n) is 10.1. The maximum Gasteiger partial charge on any atom is 0.423 e. The number of hydrogen-bond acceptors (Lipinski definition) is 8. The number of carbonyl (C=O) groups is 4. The van der Waals surface area contributed by atoms with Crippen molar-refractivity contribution in [3.8, 4) is 11.5 Å². The lowest BCUT2D eigenvalue weighted by molar-refractivity contribution is -0.156. The fourth-order valence-electron chi connectivity index (χ4n) is 3.74. The van der Waals surface area contributed by atoms with E-state index in [2.05, 4.69) is 13.8 Å². The molecule has 0 bridgehead atoms. The normalized spacial score (nSPS) is 12.3. The molecule has 0 spiro atoms. The summed E-state index contributed by atoms with van der Waals surface area (Å²) < 4.78 is 20.8. The van der Waals surface area contributed by atoms with E-state index in [1.165, 1.54) is 0 Å². The third kappa shape index (κ3) is 10.6. The van der Waals surface area contributed by atoms with Crippen LogP contribution in [0, 0.1) is 11.8 Å². The number of halogens is 6. The Hall–Kier alpha value is -1.94. The van der Waals surface area contributed by atoms with E-state index in [-0.39, 0.29) is 43.3 Å². The topological polar surface area (TPSA) is 105 Å². The van der Waals surface area contributed by atoms with Gasteiger partial charge in [-0.3, -0.25) is 0 Å². The van der Waals surface area contributed by atoms with E-state index >= 15 is 0 Å². The van der Waals surface area contributed by atoms with E-state index in [0.29, 0.717) is 24.7 Å². The van der Waals surface area contributed by atoms with Crippen molar-refractivity contribution in [2.75, 3.05) is 13.2 Å². The Morgan fingerprint density at radius 2 is 0.955 bits per heavy atom. The monoisotopic (exact) mass is 730 g/mol. The molecule has 0 aliphatic rings. The average molecular weight is 733 g/mol. The van der Waals surface area contributed by atoms with Gasteiger partial charge in [0.1, 0.15) is 11.1 Å². The highest BCUT2D eigenvalue weighted by Gasteiger charge is 2.32. The van der Waals surface area contributed by atoms with Crippen LogP contribution in [0.3, 0.4) is 0 Å². The van der Waals surface area contributed by atoms with Gasteiger partial charge in [0.05, 0.1) is 43.3 Å². The molecule has 8 nitrogen and oxygen atoms in total. The fourth-order valence-corrected chi connectivity index (χ4v) is 5.17. The standard InChI is InChI=1S/C30H32Cl6O8/c1-5-15(3)9-7-11-41-27(37)21-23(35)17(31)13-19(33)25(21)43-29(39)30(40)44-26-20(34)14-18(32)24(36)22(26)28(38)42-12-8-10-16(4)6-2/h13-16H,5-12H2,1-4H3. The molecule has 0 aliphatic heterocycles. The van der Waals surface area contributed by atoms with Gasteiger partial charge in [-0.05, 0) is 49.7 Å². The summed E-state index contributed by atoms with van der Waals surface area (Å²) >= 11 is 37.1. The number of hydrogen-bond donors (Lipinski definition) is 0. The molecule has 0 fully saturated rings. The van der Waals surface area contributed by atoms with Gasteiger partial charge in [-0.25, -0.2) is 19.2 Å². The van der Waals surface area contributed by atoms with Crippen LogP contribution in [0.25, 0.3) is 0 Å². The van der Waals surface area contributed by atoms with Crippen LogP contribution in [0.1, 0.15) is 86.9 Å². The van der Waals surface area contributed by atoms with Crippen molar-refractivity contribution >= 4 is 93.5 Å². The van der Waals surface area contributed by atoms with Crippen molar-refractivity contribution in [3.05, 3.63) is 53.4 Å². The minimum Gasteiger partial charge on any atom is -0.462 e. The minimum atomic E-state index is -1.65. The van der Waals surface area contributed by atoms with Crippen LogP contribution >= 0.6 is 69.6 Å². The summed E-state index contributed by atoms with van der Waals surface area (Å²) in [4.78, 5) is 51.5. The molecule has 2 unspecified atom stereocenters. The number of benzene rings is 2. The molecule has 44 heavy (non-hydrogen) atoms. The van der Waals surface area contributed by atoms with Gasteiger partial charge in [-0.1, -0.05) is 110 Å². The Morgan fingerprint density at radius 1 is 0.614 bits per heavy atom. The van der Waals surface area contributed by atoms with Crippen molar-refractivity contribution in [3.63, 3.8) is 0 Å². The maximum absolute atomic E-state index is 12.9. The van der Waals surface area contributed by atoms with Gasteiger partial charge in [0, 0.05) is 0 Å². The third-order valence-corrected chi connectivity index (χ3v) is 8.90. The Labute approximate surface area is 286 Å². The molecule has 242 valence electrons. The van der Waals surface area contributed by atoms with Crippen molar-refractivity contribution in [2.45, 2.75) is 66.2 Å². The van der Waals surface area contributed by atoms with Gasteiger partial charge in [-0.15, -0.1) is 0 Å². The molecule has 2 rings (SSSR count). The quantitative estimate of drug-likeness (QED) is 0.0621. The first-order valence-corrected chi connectivity index (χ1v) is 16.1. The highest BCUT2D eigenvalue weighted by Crippen LogP contribution is 2.41. The fraction of sp³-hybridized carbons (Fsp3) is 0.467. The van der Waals surface area contributed by atoms with Crippen LogP contribution in [0.15, 0.2) is 12.1 Å². The van der Waals surface area contributed by atoms with Crippen LogP contribution in [-0.4, -0.2) is 37.1 Å². The van der Waals surface area contributed by atoms with Gasteiger partial charge in [0.2, 0.25) is 0 Å². The summed E-state index contributed by atoms with van der Waals surface area (Å²) in [6.07, 6.45) is 4.70. The van der Waals surface area contributed by atoms with Crippen molar-refractivity contribution in [1.29, 1.82) is 0 Å². The zero-order chi connectivity index (χ0) is 33.1. The Morgan fingerprint density at radius 3 is 1.27 bits per heavy atom. The Bertz CT molecular complexity index is 1280. The van der Waals surface area contributed by atoms with Gasteiger partial charge in [-0.2, -0.15) is 0 Å². The molecule has 0 amide bonds. The van der Waals surface area contributed by atoms with Crippen LogP contribution in [0.4, 0.5) is 0 Å². The molecule has 2 atom stereocenters. The number of carbonyl (C=O) groups excluding carboxylic acids is 4. The lowest BCUT2D eigenvalue weighted by Gasteiger charge is -2.16. The summed E-state index contributed by atoms with van der Waals surface area (Å²) in [5, 5.41) is -1.52. The molecule has 0 heterocycles. The van der Waals surface area contributed by atoms with Gasteiger partial charge in [0.15, 0.2) is 11.5 Å². The van der Waals surface area contributed by atoms with Crippen LogP contribution < -0.4 is 9.47 Å². The van der Waals surface area contributed by atoms with E-state index in [9.17, 15) is 19.2 Å². The van der Waals surface area contributed by atoms with Crippen molar-refractivity contribution < 1.29 is 38.1 Å². The van der Waals surface area contributed by atoms with Crippen LogP contribution in [0.5, 0.6) is 11.5 Å². The Kier molecular flexibility index (Phi) is 15.9. The summed E-state index contributed by atoms with van der Waals surface area (Å²) in [5.74, 6) is -5.57. The number of rotatable bonds is 14. The summed E-state index contributed by atoms with van der Waals surface area (Å²) in [7, 11) is 0. The molecule has 0 saturated carbocycles. The van der Waals surface area contributed by atoms with Gasteiger partial charge in [0.25, 0.3) is 0 Å². The van der Waals surface area contributed by atoms with Crippen molar-refractivity contribution in [2.24, 2.45) is 11.8 Å². The van der Waals surface area contributed by atoms with Gasteiger partial charge < -0.3 is 18.9 Å². The van der Waals surface area contributed by atoms with E-state index in [4.69, 9.17) is 88.6 Å². The molecule has 0 N–H and O–H groups in total. The first-order valence-electron chi connectivity index (χ1n) is 13.9. The minimum absolute atomic E-state index is 0.0470. The SMILES string of the molecule is CCC(C)CCCOC(=O)c1c(Cl)c(Cl)cc(Cl)c1OC(=O)C(=O)Oc1c(Cl)cc(Cl)c(Cl)c1C(=O)OCCCC(C)CC. The Balaban J connectivity index is 2.28. The summed E-state index contributed by atoms with van der Waals surface area (Å²) in [6.45, 7) is 8.33. The lowest BCUT2D eigenvalue weighted by Crippen LogP contribution is -2.27. The molecular formula is C30H32Cl6O8. The predicted octanol–water partition coefficient (Wildman–Crippen LogP) is 10.1. The van der Waals surface area contributed by atoms with E-state index in [1.807, 2.05) is 13.8 Å². The second kappa shape index (κ2) is 18.3. The first kappa shape index (κ1) is 38.2. The average Bonchev–Trinajstić information content (AvgIpc) is 2.98. The first-order chi connectivity index (χ1) is 20.7. The molecular weight excluding hydrogens is 701 g/mol. The molecule has 0 saturated heterocycles. The van der Waals surface area contributed by atoms with Crippen LogP contribution in [0.2, 0.25) is 30.1 Å². The zero-order valence-electron chi connectivity index (χ0n) is 24.5. The third-order valence-electron chi connectivity index (χ3n) is 6.76. The van der Waals surface area contributed by atoms with E-state index in [1.54, 1.807) is 0 Å². The smallest absolute Gasteiger partial charge is 0.423 e. The number of ether oxygens (including phenoxy) is 4. The maximum atomic E-state index is 12.9. The van der Waals surface area contributed by atoms with Crippen LogP contribution in [-0.2, 0) is 19.1 Å². The zero-order valence-corrected chi connectivity index (χ0v) is 29.0. The summed E-state index contributed by atoms with van der Waals surface area (Å²) in [6, 6.07) is 2.23. The molecule has 2 aromatic rings. The molecule has 0 radical (unpaired) electrons. The van der Waals surface area contributed by atoms with E-state index < -0.39 is 46.5 Å². The summed E-state index contributed by atoms with van der Waals surface area (Å²) in [5.41, 5.74) is -0.939. The lowest BCUT2D eigenvalue weighted by atomic mass is 10.0.